The molecule has 0 bridgehead atoms. The van der Waals surface area contributed by atoms with Gasteiger partial charge in [0.25, 0.3) is 0 Å². The summed E-state index contributed by atoms with van der Waals surface area (Å²) in [6, 6.07) is 14.2. The third-order valence-electron chi connectivity index (χ3n) is 3.39. The van der Waals surface area contributed by atoms with Crippen LogP contribution in [0.4, 0.5) is 4.39 Å². The second kappa shape index (κ2) is 6.89. The van der Waals surface area contributed by atoms with Crippen LogP contribution in [0.15, 0.2) is 53.1 Å². The van der Waals surface area contributed by atoms with E-state index in [1.165, 1.54) is 6.07 Å². The van der Waals surface area contributed by atoms with Crippen molar-refractivity contribution in [3.8, 4) is 11.4 Å². The molecule has 0 radical (unpaired) electrons. The van der Waals surface area contributed by atoms with Crippen molar-refractivity contribution in [2.75, 3.05) is 7.05 Å². The molecule has 0 unspecified atom stereocenters. The fraction of sp³-hybridized carbons (Fsp3) is 0.176. The number of benzene rings is 2. The van der Waals surface area contributed by atoms with Gasteiger partial charge in [0, 0.05) is 22.7 Å². The molecule has 6 heteroatoms. The number of hydrogen-bond acceptors (Lipinski definition) is 4. The van der Waals surface area contributed by atoms with Gasteiger partial charge < -0.3 is 4.52 Å². The quantitative estimate of drug-likeness (QED) is 0.704. The lowest BCUT2D eigenvalue weighted by Crippen LogP contribution is -2.18. The first kappa shape index (κ1) is 15.6. The number of hydrogen-bond donors (Lipinski definition) is 0. The molecule has 0 aliphatic carbocycles. The van der Waals surface area contributed by atoms with Crippen LogP contribution in [0.5, 0.6) is 0 Å². The molecule has 2 aromatic carbocycles. The summed E-state index contributed by atoms with van der Waals surface area (Å²) in [6.07, 6.45) is 0. The van der Waals surface area contributed by atoms with Crippen molar-refractivity contribution >= 4 is 11.6 Å². The minimum Gasteiger partial charge on any atom is -0.338 e. The Balaban J connectivity index is 1.69. The van der Waals surface area contributed by atoms with Crippen molar-refractivity contribution in [2.45, 2.75) is 13.1 Å². The van der Waals surface area contributed by atoms with E-state index in [4.69, 9.17) is 16.1 Å². The average Bonchev–Trinajstić information content (AvgIpc) is 3.00. The average molecular weight is 332 g/mol. The Hall–Kier alpha value is -2.24. The molecule has 0 atom stereocenters. The fourth-order valence-electron chi connectivity index (χ4n) is 2.26. The molecule has 3 aromatic rings. The lowest BCUT2D eigenvalue weighted by Gasteiger charge is -2.15. The molecule has 0 amide bonds. The van der Waals surface area contributed by atoms with Crippen LogP contribution >= 0.6 is 11.6 Å². The summed E-state index contributed by atoms with van der Waals surface area (Å²) in [4.78, 5) is 6.23. The van der Waals surface area contributed by atoms with Crippen LogP contribution in [0.2, 0.25) is 5.02 Å². The zero-order valence-electron chi connectivity index (χ0n) is 12.5. The zero-order chi connectivity index (χ0) is 16.2. The van der Waals surface area contributed by atoms with Gasteiger partial charge in [0.2, 0.25) is 11.7 Å². The highest BCUT2D eigenvalue weighted by molar-refractivity contribution is 6.31. The normalized spacial score (nSPS) is 11.1. The van der Waals surface area contributed by atoms with Gasteiger partial charge in [-0.1, -0.05) is 53.2 Å². The topological polar surface area (TPSA) is 42.2 Å². The number of halogens is 2. The number of nitrogens with zero attached hydrogens (tertiary/aromatic N) is 3. The molecule has 0 spiro atoms. The molecule has 1 heterocycles. The van der Waals surface area contributed by atoms with E-state index in [0.717, 1.165) is 5.56 Å². The molecule has 118 valence electrons. The van der Waals surface area contributed by atoms with E-state index in [1.807, 2.05) is 42.3 Å². The lowest BCUT2D eigenvalue weighted by atomic mass is 10.2. The highest BCUT2D eigenvalue weighted by atomic mass is 35.5. The van der Waals surface area contributed by atoms with Gasteiger partial charge in [-0.15, -0.1) is 0 Å². The fourth-order valence-corrected chi connectivity index (χ4v) is 2.49. The van der Waals surface area contributed by atoms with Crippen LogP contribution in [-0.4, -0.2) is 22.1 Å². The predicted molar refractivity (Wildman–Crippen MR) is 86.3 cm³/mol. The third kappa shape index (κ3) is 3.75. The van der Waals surface area contributed by atoms with Crippen molar-refractivity contribution < 1.29 is 8.91 Å². The molecule has 0 fully saturated rings. The predicted octanol–water partition coefficient (Wildman–Crippen LogP) is 4.16. The Kier molecular flexibility index (Phi) is 4.69. The second-order valence-electron chi connectivity index (χ2n) is 5.25. The third-order valence-corrected chi connectivity index (χ3v) is 3.75. The summed E-state index contributed by atoms with van der Waals surface area (Å²) < 4.78 is 19.1. The van der Waals surface area contributed by atoms with Crippen LogP contribution in [0.1, 0.15) is 11.5 Å². The van der Waals surface area contributed by atoms with Crippen LogP contribution < -0.4 is 0 Å². The van der Waals surface area contributed by atoms with Crippen LogP contribution in [0, 0.1) is 5.82 Å². The van der Waals surface area contributed by atoms with Gasteiger partial charge in [-0.05, 0) is 19.2 Å². The lowest BCUT2D eigenvalue weighted by molar-refractivity contribution is 0.258. The minimum atomic E-state index is -0.320. The minimum absolute atomic E-state index is 0.320. The Morgan fingerprint density at radius 3 is 2.61 bits per heavy atom. The first-order valence-corrected chi connectivity index (χ1v) is 7.50. The van der Waals surface area contributed by atoms with Gasteiger partial charge in [-0.25, -0.2) is 4.39 Å². The molecule has 0 saturated carbocycles. The summed E-state index contributed by atoms with van der Waals surface area (Å²) in [5, 5.41) is 4.38. The van der Waals surface area contributed by atoms with E-state index < -0.39 is 0 Å². The maximum absolute atomic E-state index is 13.8. The van der Waals surface area contributed by atoms with Gasteiger partial charge in [-0.2, -0.15) is 4.98 Å². The highest BCUT2D eigenvalue weighted by Gasteiger charge is 2.14. The van der Waals surface area contributed by atoms with E-state index in [1.54, 1.807) is 12.1 Å². The van der Waals surface area contributed by atoms with Crippen molar-refractivity contribution in [1.82, 2.24) is 15.0 Å². The molecule has 0 N–H and O–H groups in total. The molecule has 0 aliphatic rings. The standard InChI is InChI=1S/C17H15ClFN3O/c1-22(10-13-14(18)8-5-9-15(13)19)11-16-20-17(21-23-16)12-6-3-2-4-7-12/h2-9H,10-11H2,1H3. The summed E-state index contributed by atoms with van der Waals surface area (Å²) >= 11 is 6.04. The largest absolute Gasteiger partial charge is 0.338 e. The van der Waals surface area contributed by atoms with E-state index in [-0.39, 0.29) is 5.82 Å². The van der Waals surface area contributed by atoms with Crippen molar-refractivity contribution in [3.63, 3.8) is 0 Å². The van der Waals surface area contributed by atoms with Crippen LogP contribution in [0.25, 0.3) is 11.4 Å². The number of aromatic nitrogens is 2. The van der Waals surface area contributed by atoms with Crippen molar-refractivity contribution in [3.05, 3.63) is 70.8 Å². The molecule has 0 aliphatic heterocycles. The van der Waals surface area contributed by atoms with Gasteiger partial charge in [0.15, 0.2) is 0 Å². The Morgan fingerprint density at radius 1 is 1.09 bits per heavy atom. The number of rotatable bonds is 5. The van der Waals surface area contributed by atoms with E-state index >= 15 is 0 Å². The Labute approximate surface area is 138 Å². The van der Waals surface area contributed by atoms with E-state index in [0.29, 0.717) is 35.4 Å². The SMILES string of the molecule is CN(Cc1nc(-c2ccccc2)no1)Cc1c(F)cccc1Cl. The van der Waals surface area contributed by atoms with E-state index in [9.17, 15) is 4.39 Å². The molecular weight excluding hydrogens is 317 g/mol. The Morgan fingerprint density at radius 2 is 1.87 bits per heavy atom. The van der Waals surface area contributed by atoms with Crippen molar-refractivity contribution in [2.24, 2.45) is 0 Å². The van der Waals surface area contributed by atoms with Crippen LogP contribution in [-0.2, 0) is 13.1 Å². The second-order valence-corrected chi connectivity index (χ2v) is 5.66. The summed E-state index contributed by atoms with van der Waals surface area (Å²) in [5.74, 6) is 0.691. The maximum atomic E-state index is 13.8. The van der Waals surface area contributed by atoms with Gasteiger partial charge in [0.1, 0.15) is 5.82 Å². The molecule has 3 rings (SSSR count). The van der Waals surface area contributed by atoms with Crippen LogP contribution in [0.3, 0.4) is 0 Å². The van der Waals surface area contributed by atoms with E-state index in [2.05, 4.69) is 10.1 Å². The summed E-state index contributed by atoms with van der Waals surface area (Å²) in [5.41, 5.74) is 1.35. The summed E-state index contributed by atoms with van der Waals surface area (Å²) in [7, 11) is 1.84. The first-order valence-electron chi connectivity index (χ1n) is 7.13. The highest BCUT2D eigenvalue weighted by Crippen LogP contribution is 2.21. The molecule has 1 aromatic heterocycles. The maximum Gasteiger partial charge on any atom is 0.241 e. The summed E-state index contributed by atoms with van der Waals surface area (Å²) in [6.45, 7) is 0.763. The molecule has 4 nitrogen and oxygen atoms in total. The molecule has 23 heavy (non-hydrogen) atoms. The zero-order valence-corrected chi connectivity index (χ0v) is 13.3. The smallest absolute Gasteiger partial charge is 0.241 e. The van der Waals surface area contributed by atoms with Crippen molar-refractivity contribution in [1.29, 1.82) is 0 Å². The first-order chi connectivity index (χ1) is 11.1. The Bertz CT molecular complexity index is 771. The van der Waals surface area contributed by atoms with Gasteiger partial charge in [0.05, 0.1) is 6.54 Å². The molecule has 0 saturated heterocycles. The molecular formula is C17H15ClFN3O. The van der Waals surface area contributed by atoms with Gasteiger partial charge in [-0.3, -0.25) is 4.90 Å². The monoisotopic (exact) mass is 331 g/mol. The van der Waals surface area contributed by atoms with Gasteiger partial charge >= 0.3 is 0 Å².